The van der Waals surface area contributed by atoms with Crippen molar-refractivity contribution in [3.05, 3.63) is 18.2 Å². The Hall–Kier alpha value is -1.52. The minimum Gasteiger partial charge on any atom is -0.409 e. The van der Waals surface area contributed by atoms with E-state index in [4.69, 9.17) is 10.9 Å². The van der Waals surface area contributed by atoms with Crippen molar-refractivity contribution in [2.75, 3.05) is 0 Å². The Kier molecular flexibility index (Phi) is 3.12. The van der Waals surface area contributed by atoms with Gasteiger partial charge in [-0.05, 0) is 31.6 Å². The Bertz CT molecular complexity index is 377. The molecule has 1 aromatic rings. The third kappa shape index (κ3) is 2.03. The first-order chi connectivity index (χ1) is 7.72. The van der Waals surface area contributed by atoms with Crippen molar-refractivity contribution in [3.8, 4) is 0 Å². The Labute approximate surface area is 95.0 Å². The molecule has 0 radical (unpaired) electrons. The fourth-order valence-corrected chi connectivity index (χ4v) is 2.37. The molecule has 0 saturated heterocycles. The minimum absolute atomic E-state index is 0.0867. The summed E-state index contributed by atoms with van der Waals surface area (Å²) in [5, 5.41) is 11.7. The fourth-order valence-electron chi connectivity index (χ4n) is 2.37. The first-order valence-electron chi connectivity index (χ1n) is 5.73. The molecule has 0 spiro atoms. The third-order valence-corrected chi connectivity index (χ3v) is 3.38. The van der Waals surface area contributed by atoms with Gasteiger partial charge in [0.1, 0.15) is 0 Å². The number of imidazole rings is 1. The summed E-state index contributed by atoms with van der Waals surface area (Å²) in [4.78, 5) is 4.13. The fraction of sp³-hybridized carbons (Fsp3) is 0.636. The topological polar surface area (TPSA) is 76.4 Å². The SMILES string of the molecule is CC1CCC(n2ccnc2C(N)=NO)CC1. The van der Waals surface area contributed by atoms with Crippen LogP contribution in [-0.4, -0.2) is 20.6 Å². The maximum Gasteiger partial charge on any atom is 0.206 e. The van der Waals surface area contributed by atoms with Crippen LogP contribution in [0.1, 0.15) is 44.5 Å². The normalized spacial score (nSPS) is 26.9. The van der Waals surface area contributed by atoms with Crippen molar-refractivity contribution in [3.63, 3.8) is 0 Å². The zero-order valence-corrected chi connectivity index (χ0v) is 9.50. The molecule has 88 valence electrons. The monoisotopic (exact) mass is 222 g/mol. The van der Waals surface area contributed by atoms with Crippen LogP contribution in [-0.2, 0) is 0 Å². The predicted molar refractivity (Wildman–Crippen MR) is 61.4 cm³/mol. The van der Waals surface area contributed by atoms with E-state index < -0.39 is 0 Å². The summed E-state index contributed by atoms with van der Waals surface area (Å²) in [6, 6.07) is 0.439. The molecule has 1 aromatic heterocycles. The van der Waals surface area contributed by atoms with Crippen LogP contribution in [0.2, 0.25) is 0 Å². The molecule has 1 aliphatic rings. The summed E-state index contributed by atoms with van der Waals surface area (Å²) in [7, 11) is 0. The highest BCUT2D eigenvalue weighted by molar-refractivity contribution is 5.93. The quantitative estimate of drug-likeness (QED) is 0.346. The lowest BCUT2D eigenvalue weighted by atomic mass is 9.87. The Morgan fingerprint density at radius 2 is 2.19 bits per heavy atom. The second kappa shape index (κ2) is 4.55. The highest BCUT2D eigenvalue weighted by Gasteiger charge is 2.22. The molecule has 0 bridgehead atoms. The van der Waals surface area contributed by atoms with Crippen LogP contribution in [0, 0.1) is 5.92 Å². The van der Waals surface area contributed by atoms with E-state index in [1.165, 1.54) is 12.8 Å². The number of oxime groups is 1. The summed E-state index contributed by atoms with van der Waals surface area (Å²) < 4.78 is 2.03. The van der Waals surface area contributed by atoms with E-state index in [0.717, 1.165) is 18.8 Å². The van der Waals surface area contributed by atoms with E-state index in [-0.39, 0.29) is 5.84 Å². The maximum atomic E-state index is 8.68. The lowest BCUT2D eigenvalue weighted by molar-refractivity contribution is 0.287. The molecule has 1 fully saturated rings. The van der Waals surface area contributed by atoms with Crippen molar-refractivity contribution in [2.24, 2.45) is 16.8 Å². The second-order valence-corrected chi connectivity index (χ2v) is 4.56. The standard InChI is InChI=1S/C11H18N4O/c1-8-2-4-9(5-3-8)15-7-6-13-11(15)10(12)14-16/h6-9,16H,2-5H2,1H3,(H2,12,14). The van der Waals surface area contributed by atoms with Crippen molar-refractivity contribution < 1.29 is 5.21 Å². The van der Waals surface area contributed by atoms with Gasteiger partial charge in [-0.15, -0.1) is 0 Å². The minimum atomic E-state index is 0.0867. The Morgan fingerprint density at radius 3 is 2.81 bits per heavy atom. The van der Waals surface area contributed by atoms with Crippen LogP contribution in [0.4, 0.5) is 0 Å². The van der Waals surface area contributed by atoms with Gasteiger partial charge in [0.2, 0.25) is 5.84 Å². The van der Waals surface area contributed by atoms with E-state index in [2.05, 4.69) is 17.1 Å². The molecule has 0 aliphatic heterocycles. The number of hydrogen-bond acceptors (Lipinski definition) is 3. The number of nitrogens with two attached hydrogens (primary N) is 1. The molecule has 0 atom stereocenters. The van der Waals surface area contributed by atoms with Crippen LogP contribution in [0.3, 0.4) is 0 Å². The van der Waals surface area contributed by atoms with E-state index in [1.54, 1.807) is 6.20 Å². The van der Waals surface area contributed by atoms with E-state index in [1.807, 2.05) is 10.8 Å². The van der Waals surface area contributed by atoms with Crippen LogP contribution in [0.25, 0.3) is 0 Å². The zero-order valence-electron chi connectivity index (χ0n) is 9.50. The first kappa shape index (κ1) is 11.0. The highest BCUT2D eigenvalue weighted by atomic mass is 16.4. The number of rotatable bonds is 2. The first-order valence-corrected chi connectivity index (χ1v) is 5.73. The van der Waals surface area contributed by atoms with Crippen LogP contribution in [0.5, 0.6) is 0 Å². The van der Waals surface area contributed by atoms with Crippen LogP contribution < -0.4 is 5.73 Å². The lowest BCUT2D eigenvalue weighted by Crippen LogP contribution is -2.24. The average Bonchev–Trinajstić information content (AvgIpc) is 2.78. The van der Waals surface area contributed by atoms with Gasteiger partial charge in [-0.3, -0.25) is 0 Å². The van der Waals surface area contributed by atoms with Gasteiger partial charge in [0, 0.05) is 18.4 Å². The molecule has 2 rings (SSSR count). The lowest BCUT2D eigenvalue weighted by Gasteiger charge is -2.28. The molecular weight excluding hydrogens is 204 g/mol. The summed E-state index contributed by atoms with van der Waals surface area (Å²) in [6.45, 7) is 2.29. The van der Waals surface area contributed by atoms with E-state index in [0.29, 0.717) is 11.9 Å². The molecule has 1 aliphatic carbocycles. The Morgan fingerprint density at radius 1 is 1.50 bits per heavy atom. The molecule has 0 aromatic carbocycles. The largest absolute Gasteiger partial charge is 0.409 e. The van der Waals surface area contributed by atoms with E-state index in [9.17, 15) is 0 Å². The summed E-state index contributed by atoms with van der Waals surface area (Å²) in [6.07, 6.45) is 8.36. The van der Waals surface area contributed by atoms with E-state index >= 15 is 0 Å². The summed E-state index contributed by atoms with van der Waals surface area (Å²) in [5.41, 5.74) is 5.59. The van der Waals surface area contributed by atoms with Crippen molar-refractivity contribution >= 4 is 5.84 Å². The molecule has 5 heteroatoms. The van der Waals surface area contributed by atoms with Crippen molar-refractivity contribution in [1.29, 1.82) is 0 Å². The zero-order chi connectivity index (χ0) is 11.5. The molecule has 0 unspecified atom stereocenters. The Balaban J connectivity index is 2.18. The number of amidine groups is 1. The number of aromatic nitrogens is 2. The number of nitrogens with zero attached hydrogens (tertiary/aromatic N) is 3. The molecule has 0 amide bonds. The molecule has 1 heterocycles. The third-order valence-electron chi connectivity index (χ3n) is 3.38. The van der Waals surface area contributed by atoms with Gasteiger partial charge in [-0.1, -0.05) is 12.1 Å². The van der Waals surface area contributed by atoms with Gasteiger partial charge in [-0.25, -0.2) is 4.98 Å². The van der Waals surface area contributed by atoms with Crippen LogP contribution >= 0.6 is 0 Å². The molecule has 1 saturated carbocycles. The van der Waals surface area contributed by atoms with Gasteiger partial charge >= 0.3 is 0 Å². The molecule has 3 N–H and O–H groups in total. The van der Waals surface area contributed by atoms with Gasteiger partial charge in [0.25, 0.3) is 0 Å². The highest BCUT2D eigenvalue weighted by Crippen LogP contribution is 2.32. The number of hydrogen-bond donors (Lipinski definition) is 2. The van der Waals surface area contributed by atoms with Gasteiger partial charge in [0.15, 0.2) is 5.82 Å². The average molecular weight is 222 g/mol. The van der Waals surface area contributed by atoms with Gasteiger partial charge in [0.05, 0.1) is 0 Å². The predicted octanol–water partition coefficient (Wildman–Crippen LogP) is 1.73. The van der Waals surface area contributed by atoms with Crippen LogP contribution in [0.15, 0.2) is 17.5 Å². The van der Waals surface area contributed by atoms with Gasteiger partial charge in [-0.2, -0.15) is 0 Å². The molecule has 16 heavy (non-hydrogen) atoms. The van der Waals surface area contributed by atoms with Crippen molar-refractivity contribution in [1.82, 2.24) is 9.55 Å². The molecule has 5 nitrogen and oxygen atoms in total. The summed E-state index contributed by atoms with van der Waals surface area (Å²) in [5.74, 6) is 1.47. The second-order valence-electron chi connectivity index (χ2n) is 4.56. The van der Waals surface area contributed by atoms with Crippen molar-refractivity contribution in [2.45, 2.75) is 38.6 Å². The maximum absolute atomic E-state index is 8.68. The molecular formula is C11H18N4O. The van der Waals surface area contributed by atoms with Gasteiger partial charge < -0.3 is 15.5 Å². The summed E-state index contributed by atoms with van der Waals surface area (Å²) >= 11 is 0. The smallest absolute Gasteiger partial charge is 0.206 e.